The molecule has 1 aliphatic rings. The number of aliphatic imine (C=N–C) groups is 1. The Morgan fingerprint density at radius 2 is 1.88 bits per heavy atom. The first-order chi connectivity index (χ1) is 19.5. The van der Waals surface area contributed by atoms with E-state index in [-0.39, 0.29) is 5.82 Å². The van der Waals surface area contributed by atoms with Crippen molar-refractivity contribution in [3.63, 3.8) is 0 Å². The van der Waals surface area contributed by atoms with Crippen LogP contribution in [0, 0.1) is 0 Å². The highest BCUT2D eigenvalue weighted by Gasteiger charge is 2.35. The van der Waals surface area contributed by atoms with Crippen LogP contribution in [-0.4, -0.2) is 41.9 Å². The summed E-state index contributed by atoms with van der Waals surface area (Å²) in [4.78, 5) is 9.42. The third-order valence-corrected chi connectivity index (χ3v) is 7.24. The maximum Gasteiger partial charge on any atom is 0.433 e. The minimum atomic E-state index is -4.53. The van der Waals surface area contributed by atoms with E-state index < -0.39 is 11.9 Å². The van der Waals surface area contributed by atoms with Crippen molar-refractivity contribution in [3.8, 4) is 28.4 Å². The Labute approximate surface area is 234 Å². The minimum Gasteiger partial charge on any atom is -0.493 e. The lowest BCUT2D eigenvalue weighted by Gasteiger charge is -2.11. The molecule has 0 spiro atoms. The van der Waals surface area contributed by atoms with Gasteiger partial charge in [-0.25, -0.2) is 9.98 Å². The van der Waals surface area contributed by atoms with E-state index >= 15 is 0 Å². The molecule has 3 aromatic heterocycles. The molecule has 0 atom stereocenters. The number of aromatic nitrogens is 6. The molecule has 0 amide bonds. The van der Waals surface area contributed by atoms with Crippen molar-refractivity contribution in [2.45, 2.75) is 31.9 Å². The first-order valence-corrected chi connectivity index (χ1v) is 13.3. The Morgan fingerprint density at radius 3 is 2.56 bits per heavy atom. The summed E-state index contributed by atoms with van der Waals surface area (Å²) < 4.78 is 50.5. The summed E-state index contributed by atoms with van der Waals surface area (Å²) in [6, 6.07) is 10.4. The SMILES string of the molecule is CCOc1cc2nn(C)cc2cc1-c1nc(-c2cccc(N)c2C=Nc2cc(C(F)(F)F)n(C)n2)c(C2CC2)n1C. The lowest BCUT2D eigenvalue weighted by Crippen LogP contribution is -2.11. The number of anilines is 1. The first kappa shape index (κ1) is 26.6. The Bertz CT molecular complexity index is 1810. The highest BCUT2D eigenvalue weighted by molar-refractivity contribution is 5.97. The van der Waals surface area contributed by atoms with Gasteiger partial charge in [0.15, 0.2) is 5.82 Å². The molecule has 3 heterocycles. The van der Waals surface area contributed by atoms with Crippen LogP contribution in [0.25, 0.3) is 33.5 Å². The fourth-order valence-electron chi connectivity index (χ4n) is 5.24. The van der Waals surface area contributed by atoms with Gasteiger partial charge in [0.05, 0.1) is 23.4 Å². The van der Waals surface area contributed by atoms with Crippen molar-refractivity contribution in [3.05, 3.63) is 59.5 Å². The molecule has 12 heteroatoms. The molecule has 6 rings (SSSR count). The van der Waals surface area contributed by atoms with Crippen molar-refractivity contribution in [1.82, 2.24) is 29.1 Å². The van der Waals surface area contributed by atoms with Crippen LogP contribution in [0.1, 0.15) is 42.6 Å². The molecule has 1 aliphatic carbocycles. The van der Waals surface area contributed by atoms with E-state index in [9.17, 15) is 13.2 Å². The number of nitrogen functional groups attached to an aromatic ring is 1. The first-order valence-electron chi connectivity index (χ1n) is 13.3. The summed E-state index contributed by atoms with van der Waals surface area (Å²) in [5.74, 6) is 1.68. The number of benzene rings is 2. The summed E-state index contributed by atoms with van der Waals surface area (Å²) in [5, 5.41) is 9.40. The Morgan fingerprint density at radius 1 is 1.10 bits per heavy atom. The molecule has 2 aromatic carbocycles. The van der Waals surface area contributed by atoms with Crippen molar-refractivity contribution in [1.29, 1.82) is 0 Å². The van der Waals surface area contributed by atoms with Gasteiger partial charge in [-0.3, -0.25) is 9.36 Å². The zero-order valence-electron chi connectivity index (χ0n) is 23.1. The number of nitrogens with two attached hydrogens (primary N) is 1. The number of nitrogens with zero attached hydrogens (tertiary/aromatic N) is 7. The monoisotopic (exact) mass is 562 g/mol. The third-order valence-electron chi connectivity index (χ3n) is 7.24. The number of hydrogen-bond acceptors (Lipinski definition) is 6. The quantitative estimate of drug-likeness (QED) is 0.194. The van der Waals surface area contributed by atoms with Gasteiger partial charge in [0.1, 0.15) is 17.3 Å². The molecule has 1 fully saturated rings. The van der Waals surface area contributed by atoms with E-state index in [0.29, 0.717) is 29.5 Å². The molecule has 2 N–H and O–H groups in total. The molecule has 0 aliphatic heterocycles. The van der Waals surface area contributed by atoms with E-state index in [4.69, 9.17) is 15.5 Å². The Kier molecular flexibility index (Phi) is 6.35. The number of halogens is 3. The second-order valence-corrected chi connectivity index (χ2v) is 10.2. The molecule has 41 heavy (non-hydrogen) atoms. The molecule has 1 saturated carbocycles. The maximum absolute atomic E-state index is 13.3. The zero-order chi connectivity index (χ0) is 29.1. The Hall–Kier alpha value is -4.61. The topological polar surface area (TPSA) is 101 Å². The van der Waals surface area contributed by atoms with Crippen molar-refractivity contribution in [2.24, 2.45) is 26.1 Å². The summed E-state index contributed by atoms with van der Waals surface area (Å²) >= 11 is 0. The van der Waals surface area contributed by atoms with Gasteiger partial charge in [-0.1, -0.05) is 12.1 Å². The van der Waals surface area contributed by atoms with Crippen LogP contribution in [0.3, 0.4) is 0 Å². The van der Waals surface area contributed by atoms with Gasteiger partial charge in [0.25, 0.3) is 0 Å². The number of aryl methyl sites for hydroxylation is 2. The fraction of sp³-hybridized carbons (Fsp3) is 0.310. The number of rotatable bonds is 7. The summed E-state index contributed by atoms with van der Waals surface area (Å²) in [5.41, 5.74) is 10.7. The van der Waals surface area contributed by atoms with Gasteiger partial charge in [-0.2, -0.15) is 23.4 Å². The van der Waals surface area contributed by atoms with E-state index in [1.807, 2.05) is 51.5 Å². The fourth-order valence-corrected chi connectivity index (χ4v) is 5.24. The molecule has 212 valence electrons. The van der Waals surface area contributed by atoms with Gasteiger partial charge in [0.2, 0.25) is 0 Å². The summed E-state index contributed by atoms with van der Waals surface area (Å²) in [7, 11) is 5.11. The molecule has 0 saturated heterocycles. The van der Waals surface area contributed by atoms with Gasteiger partial charge in [-0.15, -0.1) is 0 Å². The van der Waals surface area contributed by atoms with E-state index in [2.05, 4.69) is 19.8 Å². The minimum absolute atomic E-state index is 0.0655. The van der Waals surface area contributed by atoms with E-state index in [1.54, 1.807) is 10.7 Å². The molecular weight excluding hydrogens is 533 g/mol. The lowest BCUT2D eigenvalue weighted by molar-refractivity contribution is -0.143. The molecule has 5 aromatic rings. The highest BCUT2D eigenvalue weighted by atomic mass is 19.4. The van der Waals surface area contributed by atoms with E-state index in [0.717, 1.165) is 62.8 Å². The molecule has 9 nitrogen and oxygen atoms in total. The average molecular weight is 563 g/mol. The summed E-state index contributed by atoms with van der Waals surface area (Å²) in [6.45, 7) is 2.42. The van der Waals surface area contributed by atoms with Gasteiger partial charge >= 0.3 is 6.18 Å². The van der Waals surface area contributed by atoms with Crippen molar-refractivity contribution in [2.75, 3.05) is 12.3 Å². The second kappa shape index (κ2) is 9.79. The number of alkyl halides is 3. The van der Waals surface area contributed by atoms with Gasteiger partial charge < -0.3 is 15.0 Å². The lowest BCUT2D eigenvalue weighted by atomic mass is 10.0. The predicted molar refractivity (Wildman–Crippen MR) is 151 cm³/mol. The second-order valence-electron chi connectivity index (χ2n) is 10.2. The van der Waals surface area contributed by atoms with Crippen LogP contribution < -0.4 is 10.5 Å². The van der Waals surface area contributed by atoms with Gasteiger partial charge in [-0.05, 0) is 31.9 Å². The number of ether oxygens (including phenoxy) is 1. The number of fused-ring (bicyclic) bond motifs is 1. The normalized spacial score (nSPS) is 14.0. The molecular formula is C29H29F3N8O. The number of hydrogen-bond donors (Lipinski definition) is 1. The average Bonchev–Trinajstić information content (AvgIpc) is 3.43. The number of imidazole rings is 1. The third kappa shape index (κ3) is 4.83. The predicted octanol–water partition coefficient (Wildman–Crippen LogP) is 6.00. The van der Waals surface area contributed by atoms with Crippen LogP contribution in [0.5, 0.6) is 5.75 Å². The van der Waals surface area contributed by atoms with Crippen LogP contribution in [0.4, 0.5) is 24.7 Å². The Balaban J connectivity index is 1.49. The zero-order valence-corrected chi connectivity index (χ0v) is 23.1. The van der Waals surface area contributed by atoms with Crippen LogP contribution in [0.15, 0.2) is 47.6 Å². The molecule has 0 bridgehead atoms. The van der Waals surface area contributed by atoms with Crippen molar-refractivity contribution < 1.29 is 17.9 Å². The maximum atomic E-state index is 13.3. The molecule has 0 unspecified atom stereocenters. The summed E-state index contributed by atoms with van der Waals surface area (Å²) in [6.07, 6.45) is 0.951. The highest BCUT2D eigenvalue weighted by Crippen LogP contribution is 2.47. The standard InChI is InChI=1S/C29H29F3N8O/c1-5-41-23-12-22-17(15-38(2)36-22)11-19(23)28-35-26(27(39(28)3)16-9-10-16)18-7-6-8-21(33)20(18)14-34-25-13-24(29(30,31)32)40(4)37-25/h6-8,11-16H,5,9-10,33H2,1-4H3. The largest absolute Gasteiger partial charge is 0.493 e. The van der Waals surface area contributed by atoms with Crippen LogP contribution >= 0.6 is 0 Å². The molecule has 0 radical (unpaired) electrons. The smallest absolute Gasteiger partial charge is 0.433 e. The van der Waals surface area contributed by atoms with Crippen LogP contribution in [-0.2, 0) is 27.3 Å². The van der Waals surface area contributed by atoms with E-state index in [1.165, 1.54) is 13.3 Å². The van der Waals surface area contributed by atoms with Crippen LogP contribution in [0.2, 0.25) is 0 Å². The van der Waals surface area contributed by atoms with Crippen molar-refractivity contribution >= 4 is 28.6 Å². The van der Waals surface area contributed by atoms with Gasteiger partial charge in [0, 0.05) is 79.5 Å².